The van der Waals surface area contributed by atoms with Crippen LogP contribution in [-0.2, 0) is 16.1 Å². The van der Waals surface area contributed by atoms with Crippen molar-refractivity contribution < 1.29 is 13.9 Å². The standard InChI is InChI=1S/C20H25FN4O2S/c21-15-9-7-14(8-10-15)19-23-24-20(25(19)12-17-6-3-11-27-17)28-13-18(26)22-16-4-1-2-5-16/h7-10,16-17H,1-6,11-13H2,(H,22,26)/t17-/m0/s1. The number of rotatable bonds is 7. The molecule has 0 radical (unpaired) electrons. The molecule has 1 saturated carbocycles. The van der Waals surface area contributed by atoms with Crippen LogP contribution in [0, 0.1) is 5.82 Å². The minimum atomic E-state index is -0.285. The molecule has 1 atom stereocenters. The van der Waals surface area contributed by atoms with E-state index in [0.29, 0.717) is 29.3 Å². The zero-order chi connectivity index (χ0) is 19.3. The van der Waals surface area contributed by atoms with Crippen LogP contribution in [0.3, 0.4) is 0 Å². The summed E-state index contributed by atoms with van der Waals surface area (Å²) in [5.41, 5.74) is 0.800. The first-order chi connectivity index (χ1) is 13.7. The van der Waals surface area contributed by atoms with Crippen molar-refractivity contribution in [2.45, 2.75) is 62.4 Å². The van der Waals surface area contributed by atoms with Gasteiger partial charge < -0.3 is 10.1 Å². The molecule has 1 N–H and O–H groups in total. The highest BCUT2D eigenvalue weighted by molar-refractivity contribution is 7.99. The third kappa shape index (κ3) is 4.72. The third-order valence-electron chi connectivity index (χ3n) is 5.28. The molecule has 8 heteroatoms. The summed E-state index contributed by atoms with van der Waals surface area (Å²) in [5.74, 6) is 0.733. The predicted octanol–water partition coefficient (Wildman–Crippen LogP) is 3.41. The highest BCUT2D eigenvalue weighted by atomic mass is 32.2. The number of nitrogens with zero attached hydrogens (tertiary/aromatic N) is 3. The number of carbonyl (C=O) groups excluding carboxylic acids is 1. The van der Waals surface area contributed by atoms with E-state index in [9.17, 15) is 9.18 Å². The predicted molar refractivity (Wildman–Crippen MR) is 106 cm³/mol. The normalized spacial score (nSPS) is 20.0. The van der Waals surface area contributed by atoms with E-state index >= 15 is 0 Å². The summed E-state index contributed by atoms with van der Waals surface area (Å²) in [6.07, 6.45) is 6.67. The molecule has 1 aliphatic heterocycles. The molecule has 2 aliphatic rings. The van der Waals surface area contributed by atoms with Gasteiger partial charge in [0.1, 0.15) is 5.82 Å². The summed E-state index contributed by atoms with van der Waals surface area (Å²) in [7, 11) is 0. The monoisotopic (exact) mass is 404 g/mol. The van der Waals surface area contributed by atoms with Gasteiger partial charge in [0.05, 0.1) is 18.4 Å². The zero-order valence-electron chi connectivity index (χ0n) is 15.8. The Morgan fingerprint density at radius 2 is 1.96 bits per heavy atom. The Morgan fingerprint density at radius 1 is 1.18 bits per heavy atom. The Bertz CT molecular complexity index is 799. The molecule has 1 aromatic carbocycles. The van der Waals surface area contributed by atoms with Gasteiger partial charge in [-0.25, -0.2) is 4.39 Å². The van der Waals surface area contributed by atoms with Gasteiger partial charge in [0.15, 0.2) is 11.0 Å². The van der Waals surface area contributed by atoms with Crippen LogP contribution in [0.1, 0.15) is 38.5 Å². The van der Waals surface area contributed by atoms with Crippen LogP contribution in [0.5, 0.6) is 0 Å². The van der Waals surface area contributed by atoms with Gasteiger partial charge in [-0.3, -0.25) is 9.36 Å². The molecule has 2 aromatic rings. The molecule has 1 amide bonds. The van der Waals surface area contributed by atoms with E-state index in [1.54, 1.807) is 12.1 Å². The van der Waals surface area contributed by atoms with Crippen LogP contribution < -0.4 is 5.32 Å². The second kappa shape index (κ2) is 9.05. The van der Waals surface area contributed by atoms with Crippen LogP contribution in [0.2, 0.25) is 0 Å². The number of amides is 1. The molecule has 28 heavy (non-hydrogen) atoms. The summed E-state index contributed by atoms with van der Waals surface area (Å²) in [5, 5.41) is 12.4. The lowest BCUT2D eigenvalue weighted by atomic mass is 10.2. The smallest absolute Gasteiger partial charge is 0.230 e. The summed E-state index contributed by atoms with van der Waals surface area (Å²) in [6, 6.07) is 6.55. The van der Waals surface area contributed by atoms with E-state index in [4.69, 9.17) is 4.74 Å². The zero-order valence-corrected chi connectivity index (χ0v) is 16.6. The van der Waals surface area contributed by atoms with Crippen molar-refractivity contribution in [2.75, 3.05) is 12.4 Å². The van der Waals surface area contributed by atoms with Gasteiger partial charge in [-0.05, 0) is 49.9 Å². The van der Waals surface area contributed by atoms with Crippen molar-refractivity contribution in [3.05, 3.63) is 30.1 Å². The average molecular weight is 405 g/mol. The molecule has 1 aromatic heterocycles. The Morgan fingerprint density at radius 3 is 2.68 bits per heavy atom. The lowest BCUT2D eigenvalue weighted by molar-refractivity contribution is -0.119. The lowest BCUT2D eigenvalue weighted by Gasteiger charge is -2.15. The van der Waals surface area contributed by atoms with Gasteiger partial charge in [0, 0.05) is 18.2 Å². The van der Waals surface area contributed by atoms with Crippen molar-refractivity contribution in [3.8, 4) is 11.4 Å². The molecule has 150 valence electrons. The Kier molecular flexibility index (Phi) is 6.26. The number of ether oxygens (including phenoxy) is 1. The van der Waals surface area contributed by atoms with Crippen LogP contribution in [0.15, 0.2) is 29.4 Å². The lowest BCUT2D eigenvalue weighted by Crippen LogP contribution is -2.33. The van der Waals surface area contributed by atoms with E-state index < -0.39 is 0 Å². The molecular weight excluding hydrogens is 379 g/mol. The Labute approximate surface area is 168 Å². The molecule has 4 rings (SSSR count). The van der Waals surface area contributed by atoms with Gasteiger partial charge >= 0.3 is 0 Å². The highest BCUT2D eigenvalue weighted by Crippen LogP contribution is 2.27. The number of thioether (sulfide) groups is 1. The van der Waals surface area contributed by atoms with Crippen molar-refractivity contribution in [1.82, 2.24) is 20.1 Å². The van der Waals surface area contributed by atoms with Crippen molar-refractivity contribution >= 4 is 17.7 Å². The maximum atomic E-state index is 13.3. The van der Waals surface area contributed by atoms with E-state index in [2.05, 4.69) is 15.5 Å². The first-order valence-electron chi connectivity index (χ1n) is 9.92. The van der Waals surface area contributed by atoms with Crippen molar-refractivity contribution in [2.24, 2.45) is 0 Å². The summed E-state index contributed by atoms with van der Waals surface area (Å²) < 4.78 is 21.1. The maximum Gasteiger partial charge on any atom is 0.230 e. The van der Waals surface area contributed by atoms with Gasteiger partial charge in [-0.15, -0.1) is 10.2 Å². The Hall–Kier alpha value is -1.93. The molecular formula is C20H25FN4O2S. The van der Waals surface area contributed by atoms with Crippen LogP contribution in [-0.4, -0.2) is 45.2 Å². The number of nitrogens with one attached hydrogen (secondary N) is 1. The topological polar surface area (TPSA) is 69.0 Å². The molecule has 1 aliphatic carbocycles. The first-order valence-corrected chi connectivity index (χ1v) is 10.9. The first kappa shape index (κ1) is 19.4. The van der Waals surface area contributed by atoms with Crippen molar-refractivity contribution in [1.29, 1.82) is 0 Å². The number of hydrogen-bond donors (Lipinski definition) is 1. The van der Waals surface area contributed by atoms with E-state index in [-0.39, 0.29) is 17.8 Å². The van der Waals surface area contributed by atoms with E-state index in [0.717, 1.165) is 37.9 Å². The minimum absolute atomic E-state index is 0.0342. The summed E-state index contributed by atoms with van der Waals surface area (Å²) in [6.45, 7) is 1.40. The van der Waals surface area contributed by atoms with Gasteiger partial charge in [-0.1, -0.05) is 24.6 Å². The van der Waals surface area contributed by atoms with E-state index in [1.807, 2.05) is 4.57 Å². The fourth-order valence-electron chi connectivity index (χ4n) is 3.83. The molecule has 6 nitrogen and oxygen atoms in total. The quantitative estimate of drug-likeness (QED) is 0.716. The number of benzene rings is 1. The average Bonchev–Trinajstić information content (AvgIpc) is 3.44. The molecule has 0 unspecified atom stereocenters. The van der Waals surface area contributed by atoms with Gasteiger partial charge in [-0.2, -0.15) is 0 Å². The maximum absolute atomic E-state index is 13.3. The van der Waals surface area contributed by atoms with Crippen molar-refractivity contribution in [3.63, 3.8) is 0 Å². The van der Waals surface area contributed by atoms with Crippen LogP contribution >= 0.6 is 11.8 Å². The summed E-state index contributed by atoms with van der Waals surface area (Å²) >= 11 is 1.39. The fraction of sp³-hybridized carbons (Fsp3) is 0.550. The highest BCUT2D eigenvalue weighted by Gasteiger charge is 2.23. The van der Waals surface area contributed by atoms with E-state index in [1.165, 1.54) is 36.7 Å². The fourth-order valence-corrected chi connectivity index (χ4v) is 4.59. The van der Waals surface area contributed by atoms with Gasteiger partial charge in [0.25, 0.3) is 0 Å². The molecule has 0 bridgehead atoms. The van der Waals surface area contributed by atoms with Gasteiger partial charge in [0.2, 0.25) is 5.91 Å². The SMILES string of the molecule is O=C(CSc1nnc(-c2ccc(F)cc2)n1C[C@@H]1CCCO1)NC1CCCC1. The second-order valence-corrected chi connectivity index (χ2v) is 8.34. The number of halogens is 1. The largest absolute Gasteiger partial charge is 0.376 e. The van der Waals surface area contributed by atoms with Crippen LogP contribution in [0.4, 0.5) is 4.39 Å². The Balaban J connectivity index is 1.48. The molecule has 2 fully saturated rings. The van der Waals surface area contributed by atoms with Crippen LogP contribution in [0.25, 0.3) is 11.4 Å². The second-order valence-electron chi connectivity index (χ2n) is 7.40. The third-order valence-corrected chi connectivity index (χ3v) is 6.25. The number of hydrogen-bond acceptors (Lipinski definition) is 5. The minimum Gasteiger partial charge on any atom is -0.376 e. The number of aromatic nitrogens is 3. The molecule has 2 heterocycles. The molecule has 1 saturated heterocycles. The molecule has 0 spiro atoms. The number of carbonyl (C=O) groups is 1. The summed E-state index contributed by atoms with van der Waals surface area (Å²) in [4.78, 5) is 12.3.